The van der Waals surface area contributed by atoms with Crippen molar-refractivity contribution in [3.8, 4) is 11.3 Å². The van der Waals surface area contributed by atoms with Gasteiger partial charge in [-0.3, -0.25) is 0 Å². The van der Waals surface area contributed by atoms with Crippen LogP contribution in [0, 0.1) is 20.8 Å². The zero-order valence-corrected chi connectivity index (χ0v) is 11.9. The Morgan fingerprint density at radius 3 is 2.42 bits per heavy atom. The maximum atomic E-state index is 5.99. The molecule has 2 nitrogen and oxygen atoms in total. The highest BCUT2D eigenvalue weighted by molar-refractivity contribution is 5.67. The van der Waals surface area contributed by atoms with Gasteiger partial charge in [0.05, 0.1) is 6.54 Å². The maximum absolute atomic E-state index is 5.99. The van der Waals surface area contributed by atoms with Gasteiger partial charge < -0.3 is 9.73 Å². The Morgan fingerprint density at radius 2 is 1.79 bits per heavy atom. The van der Waals surface area contributed by atoms with E-state index in [0.717, 1.165) is 24.1 Å². The van der Waals surface area contributed by atoms with Crippen molar-refractivity contribution in [2.75, 3.05) is 0 Å². The summed E-state index contributed by atoms with van der Waals surface area (Å²) in [7, 11) is 0. The molecule has 0 bridgehead atoms. The molecule has 1 aromatic carbocycles. The number of hydrogen-bond acceptors (Lipinski definition) is 2. The van der Waals surface area contributed by atoms with Crippen molar-refractivity contribution in [3.05, 3.63) is 46.7 Å². The van der Waals surface area contributed by atoms with E-state index in [9.17, 15) is 0 Å². The standard InChI is InChI=1S/C17H21NO/c1-11-8-12(2)17(13(3)9-11)16-7-6-15(19-16)10-18-14-4-5-14/h6-9,14,18H,4-5,10H2,1-3H3. The van der Waals surface area contributed by atoms with Crippen LogP contribution in [0.2, 0.25) is 0 Å². The van der Waals surface area contributed by atoms with Crippen molar-refractivity contribution in [3.63, 3.8) is 0 Å². The Balaban J connectivity index is 1.85. The van der Waals surface area contributed by atoms with E-state index < -0.39 is 0 Å². The number of hydrogen-bond donors (Lipinski definition) is 1. The summed E-state index contributed by atoms with van der Waals surface area (Å²) in [6.07, 6.45) is 2.62. The van der Waals surface area contributed by atoms with Crippen LogP contribution in [0.4, 0.5) is 0 Å². The van der Waals surface area contributed by atoms with Gasteiger partial charge in [-0.2, -0.15) is 0 Å². The SMILES string of the molecule is Cc1cc(C)c(-c2ccc(CNC3CC3)o2)c(C)c1. The minimum absolute atomic E-state index is 0.719. The number of furan rings is 1. The van der Waals surface area contributed by atoms with Crippen LogP contribution in [0.25, 0.3) is 11.3 Å². The zero-order valence-electron chi connectivity index (χ0n) is 11.9. The topological polar surface area (TPSA) is 25.2 Å². The molecule has 0 atom stereocenters. The minimum atomic E-state index is 0.719. The van der Waals surface area contributed by atoms with Gasteiger partial charge in [-0.15, -0.1) is 0 Å². The molecule has 2 heteroatoms. The lowest BCUT2D eigenvalue weighted by molar-refractivity contribution is 0.492. The molecule has 19 heavy (non-hydrogen) atoms. The van der Waals surface area contributed by atoms with E-state index in [0.29, 0.717) is 0 Å². The molecule has 100 valence electrons. The van der Waals surface area contributed by atoms with E-state index in [1.165, 1.54) is 35.1 Å². The molecular weight excluding hydrogens is 234 g/mol. The van der Waals surface area contributed by atoms with Crippen molar-refractivity contribution in [2.24, 2.45) is 0 Å². The van der Waals surface area contributed by atoms with Crippen molar-refractivity contribution in [2.45, 2.75) is 46.2 Å². The van der Waals surface area contributed by atoms with Crippen LogP contribution >= 0.6 is 0 Å². The molecule has 0 amide bonds. The third-order valence-corrected chi connectivity index (χ3v) is 3.73. The summed E-state index contributed by atoms with van der Waals surface area (Å²) in [5.41, 5.74) is 5.12. The summed E-state index contributed by atoms with van der Waals surface area (Å²) in [5, 5.41) is 3.48. The molecule has 0 unspecified atom stereocenters. The third kappa shape index (κ3) is 2.74. The lowest BCUT2D eigenvalue weighted by atomic mass is 9.98. The van der Waals surface area contributed by atoms with E-state index in [-0.39, 0.29) is 0 Å². The zero-order chi connectivity index (χ0) is 13.4. The van der Waals surface area contributed by atoms with Crippen molar-refractivity contribution in [1.82, 2.24) is 5.32 Å². The summed E-state index contributed by atoms with van der Waals surface area (Å²) < 4.78 is 5.99. The fourth-order valence-corrected chi connectivity index (χ4v) is 2.71. The third-order valence-electron chi connectivity index (χ3n) is 3.73. The molecule has 0 saturated heterocycles. The van der Waals surface area contributed by atoms with Gasteiger partial charge in [0, 0.05) is 11.6 Å². The predicted octanol–water partition coefficient (Wildman–Crippen LogP) is 4.12. The molecule has 1 aromatic heterocycles. The highest BCUT2D eigenvalue weighted by Crippen LogP contribution is 2.30. The molecule has 2 aromatic rings. The number of benzene rings is 1. The smallest absolute Gasteiger partial charge is 0.134 e. The number of aryl methyl sites for hydroxylation is 3. The normalized spacial score (nSPS) is 14.9. The fourth-order valence-electron chi connectivity index (χ4n) is 2.71. The molecule has 1 heterocycles. The largest absolute Gasteiger partial charge is 0.460 e. The van der Waals surface area contributed by atoms with E-state index >= 15 is 0 Å². The van der Waals surface area contributed by atoms with Crippen LogP contribution in [-0.2, 0) is 6.54 Å². The molecular formula is C17H21NO. The summed E-state index contributed by atoms with van der Waals surface area (Å²) in [6, 6.07) is 9.33. The molecule has 1 aliphatic rings. The summed E-state index contributed by atoms with van der Waals surface area (Å²) in [5.74, 6) is 2.02. The first-order valence-electron chi connectivity index (χ1n) is 7.04. The van der Waals surface area contributed by atoms with Gasteiger partial charge in [0.1, 0.15) is 11.5 Å². The first kappa shape index (κ1) is 12.5. The van der Waals surface area contributed by atoms with Crippen LogP contribution < -0.4 is 5.32 Å². The number of nitrogens with one attached hydrogen (secondary N) is 1. The van der Waals surface area contributed by atoms with Gasteiger partial charge >= 0.3 is 0 Å². The van der Waals surface area contributed by atoms with Gasteiger partial charge in [-0.1, -0.05) is 17.7 Å². The van der Waals surface area contributed by atoms with Crippen LogP contribution in [0.15, 0.2) is 28.7 Å². The molecule has 1 N–H and O–H groups in total. The van der Waals surface area contributed by atoms with Crippen LogP contribution in [0.3, 0.4) is 0 Å². The van der Waals surface area contributed by atoms with Crippen LogP contribution in [-0.4, -0.2) is 6.04 Å². The second-order valence-corrected chi connectivity index (χ2v) is 5.69. The van der Waals surface area contributed by atoms with E-state index in [1.54, 1.807) is 0 Å². The average molecular weight is 255 g/mol. The van der Waals surface area contributed by atoms with E-state index in [1.807, 2.05) is 0 Å². The molecule has 0 aliphatic heterocycles. The predicted molar refractivity (Wildman–Crippen MR) is 78.2 cm³/mol. The molecule has 1 fully saturated rings. The average Bonchev–Trinajstić information content (AvgIpc) is 3.05. The Labute approximate surface area is 114 Å². The lowest BCUT2D eigenvalue weighted by Gasteiger charge is -2.08. The van der Waals surface area contributed by atoms with E-state index in [4.69, 9.17) is 4.42 Å². The van der Waals surface area contributed by atoms with Crippen LogP contribution in [0.1, 0.15) is 35.3 Å². The molecule has 1 aliphatic carbocycles. The maximum Gasteiger partial charge on any atom is 0.134 e. The summed E-state index contributed by atoms with van der Waals surface area (Å²) in [4.78, 5) is 0. The van der Waals surface area contributed by atoms with Gasteiger partial charge in [-0.05, 0) is 56.9 Å². The fraction of sp³-hybridized carbons (Fsp3) is 0.412. The molecule has 0 radical (unpaired) electrons. The molecule has 3 rings (SSSR count). The highest BCUT2D eigenvalue weighted by atomic mass is 16.3. The van der Waals surface area contributed by atoms with Gasteiger partial charge in [0.25, 0.3) is 0 Å². The van der Waals surface area contributed by atoms with Crippen molar-refractivity contribution in [1.29, 1.82) is 0 Å². The lowest BCUT2D eigenvalue weighted by Crippen LogP contribution is -2.14. The molecule has 0 spiro atoms. The van der Waals surface area contributed by atoms with Gasteiger partial charge in [-0.25, -0.2) is 0 Å². The minimum Gasteiger partial charge on any atom is -0.460 e. The Kier molecular flexibility index (Phi) is 3.19. The Bertz CT molecular complexity index is 570. The van der Waals surface area contributed by atoms with Crippen molar-refractivity contribution < 1.29 is 4.42 Å². The Hall–Kier alpha value is -1.54. The summed E-state index contributed by atoms with van der Waals surface area (Å²) >= 11 is 0. The monoisotopic (exact) mass is 255 g/mol. The second kappa shape index (κ2) is 4.86. The number of rotatable bonds is 4. The van der Waals surface area contributed by atoms with Gasteiger partial charge in [0.2, 0.25) is 0 Å². The molecule has 1 saturated carbocycles. The second-order valence-electron chi connectivity index (χ2n) is 5.69. The Morgan fingerprint density at radius 1 is 1.11 bits per heavy atom. The first-order chi connectivity index (χ1) is 9.13. The van der Waals surface area contributed by atoms with Crippen molar-refractivity contribution >= 4 is 0 Å². The van der Waals surface area contributed by atoms with E-state index in [2.05, 4.69) is 50.4 Å². The quantitative estimate of drug-likeness (QED) is 0.889. The summed E-state index contributed by atoms with van der Waals surface area (Å²) in [6.45, 7) is 7.28. The van der Waals surface area contributed by atoms with Gasteiger partial charge in [0.15, 0.2) is 0 Å². The van der Waals surface area contributed by atoms with Crippen LogP contribution in [0.5, 0.6) is 0 Å². The first-order valence-corrected chi connectivity index (χ1v) is 7.04. The highest BCUT2D eigenvalue weighted by Gasteiger charge is 2.20.